The molecule has 0 aromatic carbocycles. The van der Waals surface area contributed by atoms with Crippen molar-refractivity contribution in [2.24, 2.45) is 0 Å². The lowest BCUT2D eigenvalue weighted by Gasteiger charge is -2.05. The van der Waals surface area contributed by atoms with Crippen molar-refractivity contribution in [1.29, 1.82) is 0 Å². The Morgan fingerprint density at radius 2 is 2.11 bits per heavy atom. The summed E-state index contributed by atoms with van der Waals surface area (Å²) in [5.74, 6) is -0.665. The van der Waals surface area contributed by atoms with E-state index >= 15 is 0 Å². The average molecular weight is 318 g/mol. The van der Waals surface area contributed by atoms with E-state index in [4.69, 9.17) is 0 Å². The van der Waals surface area contributed by atoms with Crippen LogP contribution in [0.3, 0.4) is 0 Å². The minimum Gasteiger partial charge on any atom is -0.468 e. The molecule has 1 rings (SSSR count). The zero-order valence-corrected chi connectivity index (χ0v) is 12.2. The number of halogens is 1. The fraction of sp³-hybridized carbons (Fsp3) is 0.545. The Morgan fingerprint density at radius 1 is 1.44 bits per heavy atom. The van der Waals surface area contributed by atoms with Gasteiger partial charge >= 0.3 is 5.97 Å². The molecule has 0 atom stereocenters. The number of nitrogens with zero attached hydrogens (tertiary/aromatic N) is 2. The number of hydrogen-bond acceptors (Lipinski definition) is 4. The fourth-order valence-electron chi connectivity index (χ4n) is 1.43. The van der Waals surface area contributed by atoms with Crippen LogP contribution in [-0.2, 0) is 20.9 Å². The van der Waals surface area contributed by atoms with E-state index in [-0.39, 0.29) is 18.9 Å². The molecule has 18 heavy (non-hydrogen) atoms. The third-order valence-corrected chi connectivity index (χ3v) is 3.65. The minimum absolute atomic E-state index is 0.101. The number of methoxy groups -OCH3 is 1. The molecule has 1 N–H and O–H groups in total. The topological polar surface area (TPSA) is 73.2 Å². The van der Waals surface area contributed by atoms with Gasteiger partial charge in [-0.05, 0) is 29.8 Å². The quantitative estimate of drug-likeness (QED) is 0.820. The van der Waals surface area contributed by atoms with Gasteiger partial charge in [-0.15, -0.1) is 0 Å². The summed E-state index contributed by atoms with van der Waals surface area (Å²) < 4.78 is 7.14. The van der Waals surface area contributed by atoms with E-state index in [0.29, 0.717) is 6.54 Å². The van der Waals surface area contributed by atoms with Crippen LogP contribution in [-0.4, -0.2) is 35.3 Å². The highest BCUT2D eigenvalue weighted by molar-refractivity contribution is 9.10. The lowest BCUT2D eigenvalue weighted by molar-refractivity contribution is -0.141. The smallest absolute Gasteiger partial charge is 0.325 e. The fourth-order valence-corrected chi connectivity index (χ4v) is 1.72. The van der Waals surface area contributed by atoms with Crippen molar-refractivity contribution >= 4 is 27.8 Å². The van der Waals surface area contributed by atoms with Gasteiger partial charge < -0.3 is 10.1 Å². The Labute approximate surface area is 114 Å². The van der Waals surface area contributed by atoms with Crippen molar-refractivity contribution in [3.8, 4) is 0 Å². The van der Waals surface area contributed by atoms with Gasteiger partial charge in [-0.3, -0.25) is 14.3 Å². The molecule has 0 radical (unpaired) electrons. The van der Waals surface area contributed by atoms with Crippen molar-refractivity contribution in [3.63, 3.8) is 0 Å². The van der Waals surface area contributed by atoms with Crippen LogP contribution in [0, 0.1) is 13.8 Å². The molecular formula is C11H16BrN3O3. The van der Waals surface area contributed by atoms with E-state index in [1.165, 1.54) is 7.11 Å². The largest absolute Gasteiger partial charge is 0.468 e. The Balaban J connectivity index is 2.43. The molecule has 1 heterocycles. The van der Waals surface area contributed by atoms with Gasteiger partial charge in [-0.25, -0.2) is 0 Å². The van der Waals surface area contributed by atoms with Crippen LogP contribution >= 0.6 is 15.9 Å². The molecule has 6 nitrogen and oxygen atoms in total. The number of rotatable bonds is 5. The zero-order chi connectivity index (χ0) is 13.7. The maximum Gasteiger partial charge on any atom is 0.325 e. The van der Waals surface area contributed by atoms with Crippen molar-refractivity contribution in [2.45, 2.75) is 26.8 Å². The highest BCUT2D eigenvalue weighted by Crippen LogP contribution is 2.19. The number of nitrogens with one attached hydrogen (secondary N) is 1. The Bertz CT molecular complexity index is 457. The number of amides is 1. The molecule has 0 unspecified atom stereocenters. The van der Waals surface area contributed by atoms with Gasteiger partial charge in [0.1, 0.15) is 6.54 Å². The minimum atomic E-state index is -0.461. The normalized spacial score (nSPS) is 10.2. The molecule has 7 heteroatoms. The van der Waals surface area contributed by atoms with Crippen LogP contribution in [0.1, 0.15) is 17.8 Å². The van der Waals surface area contributed by atoms with E-state index < -0.39 is 5.97 Å². The molecule has 0 bridgehead atoms. The number of esters is 1. The molecule has 0 aliphatic rings. The molecule has 0 aliphatic carbocycles. The zero-order valence-electron chi connectivity index (χ0n) is 10.6. The number of carbonyl (C=O) groups is 2. The first-order valence-corrected chi connectivity index (χ1v) is 6.28. The van der Waals surface area contributed by atoms with Gasteiger partial charge in [0, 0.05) is 12.1 Å². The highest BCUT2D eigenvalue weighted by Gasteiger charge is 2.10. The first-order valence-electron chi connectivity index (χ1n) is 5.48. The van der Waals surface area contributed by atoms with Gasteiger partial charge in [-0.2, -0.15) is 5.10 Å². The summed E-state index contributed by atoms with van der Waals surface area (Å²) in [6, 6.07) is 0. The lowest BCUT2D eigenvalue weighted by atomic mass is 10.3. The predicted octanol–water partition coefficient (Wildman–Crippen LogP) is 0.942. The van der Waals surface area contributed by atoms with E-state index in [2.05, 4.69) is 31.1 Å². The second-order valence-electron chi connectivity index (χ2n) is 3.81. The van der Waals surface area contributed by atoms with Crippen LogP contribution in [0.15, 0.2) is 4.47 Å². The molecule has 1 aromatic rings. The Hall–Kier alpha value is -1.37. The van der Waals surface area contributed by atoms with Gasteiger partial charge in [0.05, 0.1) is 23.8 Å². The number of aromatic nitrogens is 2. The second kappa shape index (κ2) is 6.53. The van der Waals surface area contributed by atoms with Crippen molar-refractivity contribution < 1.29 is 14.3 Å². The summed E-state index contributed by atoms with van der Waals surface area (Å²) in [5, 5.41) is 6.77. The summed E-state index contributed by atoms with van der Waals surface area (Å²) in [5.41, 5.74) is 1.87. The number of hydrogen-bond donors (Lipinski definition) is 1. The second-order valence-corrected chi connectivity index (χ2v) is 4.60. The van der Waals surface area contributed by atoms with E-state index in [0.717, 1.165) is 15.9 Å². The summed E-state index contributed by atoms with van der Waals surface area (Å²) in [4.78, 5) is 22.3. The standard InChI is InChI=1S/C11H16BrN3O3/c1-7-11(12)8(2)15(14-7)5-4-9(16)13-6-10(17)18-3/h4-6H2,1-3H3,(H,13,16). The number of ether oxygens (including phenoxy) is 1. The third-order valence-electron chi connectivity index (χ3n) is 2.50. The summed E-state index contributed by atoms with van der Waals surface area (Å²) in [7, 11) is 1.28. The molecule has 0 fully saturated rings. The SMILES string of the molecule is COC(=O)CNC(=O)CCn1nc(C)c(Br)c1C. The maximum absolute atomic E-state index is 11.5. The van der Waals surface area contributed by atoms with Gasteiger partial charge in [0.2, 0.25) is 5.91 Å². The average Bonchev–Trinajstić information content (AvgIpc) is 2.60. The van der Waals surface area contributed by atoms with Crippen LogP contribution in [0.25, 0.3) is 0 Å². The third kappa shape index (κ3) is 3.83. The molecule has 0 saturated carbocycles. The van der Waals surface area contributed by atoms with E-state index in [1.54, 1.807) is 4.68 Å². The maximum atomic E-state index is 11.5. The Morgan fingerprint density at radius 3 is 2.61 bits per heavy atom. The first-order chi connectivity index (χ1) is 8.45. The molecule has 0 aliphatic heterocycles. The molecular weight excluding hydrogens is 302 g/mol. The summed E-state index contributed by atoms with van der Waals surface area (Å²) >= 11 is 3.42. The Kier molecular flexibility index (Phi) is 5.33. The van der Waals surface area contributed by atoms with Gasteiger partial charge in [0.15, 0.2) is 0 Å². The van der Waals surface area contributed by atoms with Gasteiger partial charge in [-0.1, -0.05) is 0 Å². The number of carbonyl (C=O) groups excluding carboxylic acids is 2. The number of aryl methyl sites for hydroxylation is 2. The molecule has 100 valence electrons. The van der Waals surface area contributed by atoms with Crippen LogP contribution in [0.2, 0.25) is 0 Å². The van der Waals surface area contributed by atoms with Crippen LogP contribution in [0.5, 0.6) is 0 Å². The lowest BCUT2D eigenvalue weighted by Crippen LogP contribution is -2.30. The highest BCUT2D eigenvalue weighted by atomic mass is 79.9. The summed E-state index contributed by atoms with van der Waals surface area (Å²) in [6.07, 6.45) is 0.269. The van der Waals surface area contributed by atoms with E-state index in [1.807, 2.05) is 13.8 Å². The van der Waals surface area contributed by atoms with E-state index in [9.17, 15) is 9.59 Å². The molecule has 1 aromatic heterocycles. The molecule has 1 amide bonds. The van der Waals surface area contributed by atoms with Crippen LogP contribution < -0.4 is 5.32 Å². The van der Waals surface area contributed by atoms with Gasteiger partial charge in [0.25, 0.3) is 0 Å². The summed E-state index contributed by atoms with van der Waals surface area (Å²) in [6.45, 7) is 4.20. The van der Waals surface area contributed by atoms with Crippen LogP contribution in [0.4, 0.5) is 0 Å². The molecule has 0 saturated heterocycles. The van der Waals surface area contributed by atoms with Crippen molar-refractivity contribution in [3.05, 3.63) is 15.9 Å². The first kappa shape index (κ1) is 14.7. The van der Waals surface area contributed by atoms with Crippen molar-refractivity contribution in [2.75, 3.05) is 13.7 Å². The van der Waals surface area contributed by atoms with Crippen molar-refractivity contribution in [1.82, 2.24) is 15.1 Å². The monoisotopic (exact) mass is 317 g/mol. The molecule has 0 spiro atoms. The predicted molar refractivity (Wildman–Crippen MR) is 69.0 cm³/mol.